The molecule has 0 amide bonds. The highest BCUT2D eigenvalue weighted by Gasteiger charge is 2.66. The van der Waals surface area contributed by atoms with Crippen LogP contribution in [0, 0.1) is 5.92 Å². The van der Waals surface area contributed by atoms with Crippen LogP contribution in [0.25, 0.3) is 0 Å². The lowest BCUT2D eigenvalue weighted by Gasteiger charge is -2.28. The summed E-state index contributed by atoms with van der Waals surface area (Å²) in [5.41, 5.74) is 0. The number of rotatable bonds is 10. The van der Waals surface area contributed by atoms with Crippen molar-refractivity contribution in [3.8, 4) is 0 Å². The first kappa shape index (κ1) is 21.8. The summed E-state index contributed by atoms with van der Waals surface area (Å²) in [6, 6.07) is -3.35. The molecule has 1 atom stereocenters. The predicted octanol–water partition coefficient (Wildman–Crippen LogP) is 4.90. The number of hydrogen-bond acceptors (Lipinski definition) is 3. The molecule has 0 saturated heterocycles. The largest absolute Gasteiger partial charge is 0.496 e. The van der Waals surface area contributed by atoms with Crippen molar-refractivity contribution in [3.63, 3.8) is 0 Å². The minimum absolute atomic E-state index is 0.220. The van der Waals surface area contributed by atoms with E-state index in [1.54, 1.807) is 13.8 Å². The van der Waals surface area contributed by atoms with Gasteiger partial charge in [-0.05, 0) is 5.92 Å². The average Bonchev–Trinajstić information content (AvgIpc) is 2.35. The van der Waals surface area contributed by atoms with Gasteiger partial charge in [0, 0.05) is 6.61 Å². The third-order valence-electron chi connectivity index (χ3n) is 2.35. The van der Waals surface area contributed by atoms with E-state index in [1.807, 2.05) is 0 Å². The Balaban J connectivity index is 4.83. The van der Waals surface area contributed by atoms with Crippen LogP contribution in [0.3, 0.4) is 0 Å². The van der Waals surface area contributed by atoms with Crippen molar-refractivity contribution in [1.82, 2.24) is 0 Å². The summed E-state index contributed by atoms with van der Waals surface area (Å²) in [6.45, 7) is 1.16. The molecule has 0 spiro atoms. The van der Waals surface area contributed by atoms with Gasteiger partial charge in [0.2, 0.25) is 0 Å². The van der Waals surface area contributed by atoms with Crippen LogP contribution in [0.5, 0.6) is 0 Å². The van der Waals surface area contributed by atoms with Crippen LogP contribution >= 0.6 is 0 Å². The summed E-state index contributed by atoms with van der Waals surface area (Å²) in [6.07, 6.45) is -20.1. The Morgan fingerprint density at radius 1 is 0.957 bits per heavy atom. The van der Waals surface area contributed by atoms with Gasteiger partial charge in [0.1, 0.15) is 6.61 Å². The first-order chi connectivity index (χ1) is 10.2. The van der Waals surface area contributed by atoms with E-state index in [9.17, 15) is 39.5 Å². The van der Waals surface area contributed by atoms with Crippen molar-refractivity contribution in [2.24, 2.45) is 5.92 Å². The highest BCUT2D eigenvalue weighted by Crippen LogP contribution is 2.42. The molecular formula is C11H13F9O3. The summed E-state index contributed by atoms with van der Waals surface area (Å²) in [5.74, 6) is -0.220. The fourth-order valence-corrected chi connectivity index (χ4v) is 0.984. The molecule has 0 aromatic rings. The zero-order chi connectivity index (χ0) is 18.5. The molecule has 0 aliphatic carbocycles. The Bertz CT molecular complexity index is 408. The Morgan fingerprint density at radius 3 is 1.91 bits per heavy atom. The molecule has 0 fully saturated rings. The zero-order valence-electron chi connectivity index (χ0n) is 11.8. The molecule has 0 heterocycles. The molecule has 0 N–H and O–H groups in total. The summed E-state index contributed by atoms with van der Waals surface area (Å²) in [4.78, 5) is 0. The zero-order valence-corrected chi connectivity index (χ0v) is 11.8. The lowest BCUT2D eigenvalue weighted by Crippen LogP contribution is -2.49. The van der Waals surface area contributed by atoms with Crippen molar-refractivity contribution >= 4 is 0 Å². The van der Waals surface area contributed by atoms with Crippen LogP contribution in [-0.2, 0) is 14.2 Å². The van der Waals surface area contributed by atoms with Crippen molar-refractivity contribution in [2.75, 3.05) is 13.2 Å². The highest BCUT2D eigenvalue weighted by atomic mass is 19.3. The summed E-state index contributed by atoms with van der Waals surface area (Å²) >= 11 is 0. The molecule has 3 nitrogen and oxygen atoms in total. The number of alkyl halides is 6. The second-order valence-corrected chi connectivity index (χ2v) is 4.44. The number of halogens is 9. The van der Waals surface area contributed by atoms with Gasteiger partial charge in [0.05, 0.1) is 0 Å². The molecule has 23 heavy (non-hydrogen) atoms. The van der Waals surface area contributed by atoms with E-state index in [0.29, 0.717) is 6.42 Å². The SMILES string of the molecule is CCC(C)COCC(F)(F)OC(F)(F)C(F)(F)OC(F)=C(F)F. The summed E-state index contributed by atoms with van der Waals surface area (Å²) in [5, 5.41) is 0. The third-order valence-corrected chi connectivity index (χ3v) is 2.35. The molecule has 0 aromatic carbocycles. The van der Waals surface area contributed by atoms with Gasteiger partial charge in [-0.1, -0.05) is 20.3 Å². The van der Waals surface area contributed by atoms with Gasteiger partial charge in [-0.15, -0.1) is 0 Å². The molecule has 0 saturated carbocycles. The van der Waals surface area contributed by atoms with Gasteiger partial charge >= 0.3 is 30.4 Å². The van der Waals surface area contributed by atoms with Gasteiger partial charge in [0.25, 0.3) is 0 Å². The lowest BCUT2D eigenvalue weighted by molar-refractivity contribution is -0.480. The average molecular weight is 364 g/mol. The molecule has 0 aliphatic heterocycles. The highest BCUT2D eigenvalue weighted by molar-refractivity contribution is 4.84. The lowest BCUT2D eigenvalue weighted by atomic mass is 10.1. The second kappa shape index (κ2) is 8.08. The Morgan fingerprint density at radius 2 is 1.48 bits per heavy atom. The Labute approximate surface area is 125 Å². The van der Waals surface area contributed by atoms with Crippen LogP contribution in [0.15, 0.2) is 12.1 Å². The van der Waals surface area contributed by atoms with Crippen LogP contribution in [0.2, 0.25) is 0 Å². The van der Waals surface area contributed by atoms with Gasteiger partial charge in [-0.25, -0.2) is 4.74 Å². The van der Waals surface area contributed by atoms with E-state index in [0.717, 1.165) is 0 Å². The molecule has 0 bridgehead atoms. The normalized spacial score (nSPS) is 14.6. The fourth-order valence-electron chi connectivity index (χ4n) is 0.984. The molecular weight excluding hydrogens is 351 g/mol. The van der Waals surface area contributed by atoms with Gasteiger partial charge < -0.3 is 9.47 Å². The molecule has 1 unspecified atom stereocenters. The van der Waals surface area contributed by atoms with Crippen LogP contribution in [0.4, 0.5) is 39.5 Å². The van der Waals surface area contributed by atoms with E-state index in [1.165, 1.54) is 0 Å². The molecule has 0 aromatic heterocycles. The van der Waals surface area contributed by atoms with E-state index in [-0.39, 0.29) is 12.5 Å². The maximum Gasteiger partial charge on any atom is 0.496 e. The first-order valence-electron chi connectivity index (χ1n) is 6.05. The molecule has 138 valence electrons. The van der Waals surface area contributed by atoms with Crippen molar-refractivity contribution < 1.29 is 53.7 Å². The van der Waals surface area contributed by atoms with E-state index < -0.39 is 37.0 Å². The van der Waals surface area contributed by atoms with Gasteiger partial charge in [-0.2, -0.15) is 39.5 Å². The van der Waals surface area contributed by atoms with Crippen molar-refractivity contribution in [2.45, 2.75) is 38.6 Å². The molecule has 0 rings (SSSR count). The Kier molecular flexibility index (Phi) is 7.67. The first-order valence-corrected chi connectivity index (χ1v) is 6.05. The van der Waals surface area contributed by atoms with Gasteiger partial charge in [0.15, 0.2) is 0 Å². The standard InChI is InChI=1S/C11H13F9O3/c1-3-6(2)4-21-5-9(15,16)23-11(19,20)10(17,18)22-8(14)7(12)13/h6H,3-5H2,1-2H3. The molecule has 0 aliphatic rings. The third kappa shape index (κ3) is 7.29. The van der Waals surface area contributed by atoms with Crippen LogP contribution in [-0.4, -0.2) is 31.5 Å². The van der Waals surface area contributed by atoms with Crippen LogP contribution < -0.4 is 0 Å². The smallest absolute Gasteiger partial charge is 0.396 e. The maximum atomic E-state index is 13.0. The summed E-state index contributed by atoms with van der Waals surface area (Å²) in [7, 11) is 0. The predicted molar refractivity (Wildman–Crippen MR) is 57.6 cm³/mol. The van der Waals surface area contributed by atoms with E-state index in [4.69, 9.17) is 0 Å². The maximum absolute atomic E-state index is 13.0. The minimum Gasteiger partial charge on any atom is -0.396 e. The van der Waals surface area contributed by atoms with E-state index >= 15 is 0 Å². The monoisotopic (exact) mass is 364 g/mol. The van der Waals surface area contributed by atoms with Gasteiger partial charge in [-0.3, -0.25) is 0 Å². The Hall–Kier alpha value is -1.17. The number of ether oxygens (including phenoxy) is 3. The topological polar surface area (TPSA) is 27.7 Å². The van der Waals surface area contributed by atoms with Crippen LogP contribution in [0.1, 0.15) is 20.3 Å². The molecule has 0 radical (unpaired) electrons. The minimum atomic E-state index is -6.11. The van der Waals surface area contributed by atoms with E-state index in [2.05, 4.69) is 14.2 Å². The number of hydrogen-bond donors (Lipinski definition) is 0. The molecule has 12 heteroatoms. The van der Waals surface area contributed by atoms with Crippen molar-refractivity contribution in [1.29, 1.82) is 0 Å². The quantitative estimate of drug-likeness (QED) is 0.408. The fraction of sp³-hybridized carbons (Fsp3) is 0.818. The second-order valence-electron chi connectivity index (χ2n) is 4.44. The van der Waals surface area contributed by atoms with Crippen molar-refractivity contribution in [3.05, 3.63) is 12.1 Å². The summed E-state index contributed by atoms with van der Waals surface area (Å²) < 4.78 is 122.